The lowest BCUT2D eigenvalue weighted by molar-refractivity contribution is 0.0106. The summed E-state index contributed by atoms with van der Waals surface area (Å²) in [6.45, 7) is 0. The molecule has 4 aliphatic carbocycles. The minimum Gasteiger partial charge on any atom is -0.495 e. The zero-order chi connectivity index (χ0) is 19.3. The van der Waals surface area contributed by atoms with Crippen molar-refractivity contribution < 1.29 is 4.74 Å². The van der Waals surface area contributed by atoms with Crippen molar-refractivity contribution >= 4 is 34.6 Å². The number of ether oxygens (including phenoxy) is 1. The van der Waals surface area contributed by atoms with Crippen LogP contribution in [0.25, 0.3) is 0 Å². The lowest BCUT2D eigenvalue weighted by Crippen LogP contribution is -2.55. The van der Waals surface area contributed by atoms with Gasteiger partial charge < -0.3 is 21.1 Å². The van der Waals surface area contributed by atoms with Crippen LogP contribution in [0.5, 0.6) is 5.75 Å². The van der Waals surface area contributed by atoms with Gasteiger partial charge in [0.15, 0.2) is 11.6 Å². The highest BCUT2D eigenvalue weighted by Crippen LogP contribution is 2.56. The van der Waals surface area contributed by atoms with E-state index in [1.165, 1.54) is 38.5 Å². The summed E-state index contributed by atoms with van der Waals surface area (Å²) in [4.78, 5) is 8.82. The number of rotatable bonds is 5. The van der Waals surface area contributed by atoms with Crippen LogP contribution < -0.4 is 21.1 Å². The summed E-state index contributed by atoms with van der Waals surface area (Å²) in [5, 5.41) is 7.62. The fourth-order valence-electron chi connectivity index (χ4n) is 6.02. The maximum Gasteiger partial charge on any atom is 0.159 e. The molecule has 0 radical (unpaired) electrons. The summed E-state index contributed by atoms with van der Waals surface area (Å²) >= 11 is 6.14. The number of nitrogens with two attached hydrogens (primary N) is 1. The van der Waals surface area contributed by atoms with Crippen LogP contribution in [0.4, 0.5) is 23.0 Å². The normalized spacial score (nSPS) is 30.3. The van der Waals surface area contributed by atoms with E-state index >= 15 is 0 Å². The van der Waals surface area contributed by atoms with Crippen molar-refractivity contribution in [3.63, 3.8) is 0 Å². The first-order chi connectivity index (χ1) is 13.5. The van der Waals surface area contributed by atoms with E-state index in [1.807, 2.05) is 6.07 Å². The number of hydrogen-bond donors (Lipinski definition) is 3. The molecule has 0 amide bonds. The third-order valence-corrected chi connectivity index (χ3v) is 6.96. The fraction of sp³-hybridized carbons (Fsp3) is 0.524. The van der Waals surface area contributed by atoms with Crippen LogP contribution in [0, 0.1) is 17.8 Å². The summed E-state index contributed by atoms with van der Waals surface area (Å²) in [5.41, 5.74) is 7.86. The highest BCUT2D eigenvalue weighted by molar-refractivity contribution is 6.31. The molecule has 0 saturated heterocycles. The number of halogens is 1. The first-order valence-corrected chi connectivity index (χ1v) is 10.4. The molecule has 4 bridgehead atoms. The van der Waals surface area contributed by atoms with Gasteiger partial charge in [-0.2, -0.15) is 0 Å². The number of benzene rings is 1. The topological polar surface area (TPSA) is 85.1 Å². The SMILES string of the molecule is COc1ccc(Cl)cc1Nc1ncnc(NC23CC4CC(CC(C4)C2)C3)c1N. The predicted octanol–water partition coefficient (Wildman–Crippen LogP) is 4.85. The van der Waals surface area contributed by atoms with Crippen molar-refractivity contribution in [3.05, 3.63) is 29.5 Å². The van der Waals surface area contributed by atoms with E-state index < -0.39 is 0 Å². The average molecular weight is 400 g/mol. The number of methoxy groups -OCH3 is 1. The quantitative estimate of drug-likeness (QED) is 0.666. The molecule has 6 rings (SSSR count). The molecule has 28 heavy (non-hydrogen) atoms. The van der Waals surface area contributed by atoms with Crippen molar-refractivity contribution in [2.75, 3.05) is 23.5 Å². The molecule has 7 heteroatoms. The van der Waals surface area contributed by atoms with Crippen molar-refractivity contribution in [1.29, 1.82) is 0 Å². The molecule has 0 atom stereocenters. The monoisotopic (exact) mass is 399 g/mol. The van der Waals surface area contributed by atoms with Gasteiger partial charge in [0.05, 0.1) is 12.8 Å². The molecule has 0 spiro atoms. The zero-order valence-electron chi connectivity index (χ0n) is 16.0. The van der Waals surface area contributed by atoms with Gasteiger partial charge in [0.25, 0.3) is 0 Å². The lowest BCUT2D eigenvalue weighted by Gasteiger charge is -2.57. The molecule has 4 fully saturated rings. The second-order valence-corrected chi connectivity index (χ2v) is 9.21. The van der Waals surface area contributed by atoms with E-state index in [4.69, 9.17) is 22.1 Å². The highest BCUT2D eigenvalue weighted by atomic mass is 35.5. The van der Waals surface area contributed by atoms with Gasteiger partial charge in [-0.1, -0.05) is 11.6 Å². The van der Waals surface area contributed by atoms with Gasteiger partial charge in [-0.25, -0.2) is 9.97 Å². The van der Waals surface area contributed by atoms with E-state index in [-0.39, 0.29) is 5.54 Å². The third kappa shape index (κ3) is 3.13. The summed E-state index contributed by atoms with van der Waals surface area (Å²) in [5.74, 6) is 4.53. The van der Waals surface area contributed by atoms with Gasteiger partial charge in [0.2, 0.25) is 0 Å². The molecule has 1 heterocycles. The standard InChI is InChI=1S/C21H26ClN5O/c1-28-17-3-2-15(22)7-16(17)26-19-18(23)20(25-11-24-19)27-21-8-12-4-13(9-21)6-14(5-12)10-21/h2-3,7,11-14H,4-6,8-10,23H2,1H3,(H2,24,25,26,27). The molecular formula is C21H26ClN5O. The summed E-state index contributed by atoms with van der Waals surface area (Å²) < 4.78 is 5.41. The van der Waals surface area contributed by atoms with E-state index in [1.54, 1.807) is 25.6 Å². The molecule has 0 unspecified atom stereocenters. The number of nitrogens with zero attached hydrogens (tertiary/aromatic N) is 2. The fourth-order valence-corrected chi connectivity index (χ4v) is 6.19. The van der Waals surface area contributed by atoms with E-state index in [0.29, 0.717) is 22.3 Å². The molecule has 1 aromatic carbocycles. The molecule has 4 N–H and O–H groups in total. The number of anilines is 4. The molecule has 148 valence electrons. The predicted molar refractivity (Wildman–Crippen MR) is 112 cm³/mol. The van der Waals surface area contributed by atoms with Crippen LogP contribution >= 0.6 is 11.6 Å². The lowest BCUT2D eigenvalue weighted by atomic mass is 9.53. The molecule has 1 aromatic heterocycles. The molecule has 4 saturated carbocycles. The van der Waals surface area contributed by atoms with Crippen molar-refractivity contribution in [2.45, 2.75) is 44.1 Å². The Balaban J connectivity index is 1.41. The Morgan fingerprint density at radius 3 is 2.36 bits per heavy atom. The van der Waals surface area contributed by atoms with Crippen molar-refractivity contribution in [1.82, 2.24) is 9.97 Å². The Hall–Kier alpha value is -2.21. The number of nitrogens with one attached hydrogen (secondary N) is 2. The first-order valence-electron chi connectivity index (χ1n) is 10.0. The van der Waals surface area contributed by atoms with Crippen LogP contribution in [0.1, 0.15) is 38.5 Å². The number of aromatic nitrogens is 2. The Morgan fingerprint density at radius 2 is 1.71 bits per heavy atom. The Kier molecular flexibility index (Phi) is 4.27. The second-order valence-electron chi connectivity index (χ2n) is 8.78. The van der Waals surface area contributed by atoms with E-state index in [0.717, 1.165) is 29.3 Å². The van der Waals surface area contributed by atoms with Gasteiger partial charge in [0, 0.05) is 10.6 Å². The Morgan fingerprint density at radius 1 is 1.07 bits per heavy atom. The van der Waals surface area contributed by atoms with Crippen LogP contribution in [0.15, 0.2) is 24.5 Å². The van der Waals surface area contributed by atoms with Crippen LogP contribution in [-0.4, -0.2) is 22.6 Å². The van der Waals surface area contributed by atoms with E-state index in [9.17, 15) is 0 Å². The Labute approximate surface area is 170 Å². The summed E-state index contributed by atoms with van der Waals surface area (Å²) in [7, 11) is 1.62. The van der Waals surface area contributed by atoms with Crippen LogP contribution in [0.3, 0.4) is 0 Å². The number of hydrogen-bond acceptors (Lipinski definition) is 6. The molecule has 4 aliphatic rings. The molecule has 6 nitrogen and oxygen atoms in total. The first kappa shape index (κ1) is 17.9. The van der Waals surface area contributed by atoms with Gasteiger partial charge in [-0.15, -0.1) is 0 Å². The van der Waals surface area contributed by atoms with Crippen molar-refractivity contribution in [2.24, 2.45) is 17.8 Å². The van der Waals surface area contributed by atoms with Crippen LogP contribution in [0.2, 0.25) is 5.02 Å². The molecular weight excluding hydrogens is 374 g/mol. The molecule has 0 aliphatic heterocycles. The largest absolute Gasteiger partial charge is 0.495 e. The van der Waals surface area contributed by atoms with Crippen LogP contribution in [-0.2, 0) is 0 Å². The smallest absolute Gasteiger partial charge is 0.159 e. The maximum atomic E-state index is 6.47. The van der Waals surface area contributed by atoms with Gasteiger partial charge in [-0.05, 0) is 74.5 Å². The van der Waals surface area contributed by atoms with Gasteiger partial charge in [-0.3, -0.25) is 0 Å². The highest BCUT2D eigenvalue weighted by Gasteiger charge is 2.51. The minimum absolute atomic E-state index is 0.141. The third-order valence-electron chi connectivity index (χ3n) is 6.72. The minimum atomic E-state index is 0.141. The zero-order valence-corrected chi connectivity index (χ0v) is 16.8. The Bertz CT molecular complexity index is 867. The van der Waals surface area contributed by atoms with Crippen molar-refractivity contribution in [3.8, 4) is 5.75 Å². The number of nitrogen functional groups attached to an aromatic ring is 1. The maximum absolute atomic E-state index is 6.47. The summed E-state index contributed by atoms with van der Waals surface area (Å²) in [6.07, 6.45) is 9.46. The summed E-state index contributed by atoms with van der Waals surface area (Å²) in [6, 6.07) is 5.40. The van der Waals surface area contributed by atoms with Gasteiger partial charge >= 0.3 is 0 Å². The van der Waals surface area contributed by atoms with E-state index in [2.05, 4.69) is 20.6 Å². The second kappa shape index (κ2) is 6.69. The average Bonchev–Trinajstić information content (AvgIpc) is 2.64. The van der Waals surface area contributed by atoms with Gasteiger partial charge in [0.1, 0.15) is 17.8 Å². The molecule has 2 aromatic rings.